The summed E-state index contributed by atoms with van der Waals surface area (Å²) in [5.74, 6) is 0. The van der Waals surface area contributed by atoms with Gasteiger partial charge >= 0.3 is 6.03 Å². The van der Waals surface area contributed by atoms with Crippen LogP contribution in [0.25, 0.3) is 21.5 Å². The van der Waals surface area contributed by atoms with E-state index in [0.29, 0.717) is 5.70 Å². The highest BCUT2D eigenvalue weighted by atomic mass is 32.1. The van der Waals surface area contributed by atoms with Crippen LogP contribution >= 0.6 is 11.3 Å². The zero-order chi connectivity index (χ0) is 21.4. The molecule has 0 radical (unpaired) electrons. The van der Waals surface area contributed by atoms with E-state index in [2.05, 4.69) is 10.6 Å². The van der Waals surface area contributed by atoms with Crippen LogP contribution in [-0.2, 0) is 0 Å². The molecular formula is C23H16N4O3S. The van der Waals surface area contributed by atoms with Crippen molar-refractivity contribution in [2.24, 2.45) is 0 Å². The molecule has 3 aromatic carbocycles. The molecule has 2 N–H and O–H groups in total. The predicted molar refractivity (Wildman–Crippen MR) is 120 cm³/mol. The van der Waals surface area contributed by atoms with Gasteiger partial charge in [0.1, 0.15) is 5.01 Å². The number of hydrogen-bond acceptors (Lipinski definition) is 5. The number of benzene rings is 3. The Morgan fingerprint density at radius 2 is 1.65 bits per heavy atom. The molecule has 0 saturated heterocycles. The highest BCUT2D eigenvalue weighted by molar-refractivity contribution is 7.19. The maximum Gasteiger partial charge on any atom is 0.320 e. The van der Waals surface area contributed by atoms with Crippen molar-refractivity contribution in [3.05, 3.63) is 105 Å². The number of nitro benzene ring substituents is 1. The minimum Gasteiger partial charge on any atom is -0.327 e. The van der Waals surface area contributed by atoms with Crippen LogP contribution in [0, 0.1) is 10.1 Å². The number of rotatable bonds is 4. The maximum absolute atomic E-state index is 12.6. The van der Waals surface area contributed by atoms with Gasteiger partial charge in [0.15, 0.2) is 0 Å². The van der Waals surface area contributed by atoms with Crippen LogP contribution in [0.2, 0.25) is 0 Å². The van der Waals surface area contributed by atoms with Gasteiger partial charge < -0.3 is 10.6 Å². The largest absolute Gasteiger partial charge is 0.327 e. The van der Waals surface area contributed by atoms with Crippen LogP contribution in [0.1, 0.15) is 22.2 Å². The van der Waals surface area contributed by atoms with E-state index >= 15 is 0 Å². The molecule has 0 saturated carbocycles. The Labute approximate surface area is 181 Å². The third-order valence-corrected chi connectivity index (χ3v) is 6.17. The average molecular weight is 428 g/mol. The van der Waals surface area contributed by atoms with Crippen LogP contribution < -0.4 is 10.6 Å². The van der Waals surface area contributed by atoms with E-state index in [-0.39, 0.29) is 11.7 Å². The molecule has 2 heterocycles. The Hall–Kier alpha value is -4.04. The van der Waals surface area contributed by atoms with Gasteiger partial charge in [0.05, 0.1) is 26.9 Å². The van der Waals surface area contributed by atoms with Crippen molar-refractivity contribution < 1.29 is 9.72 Å². The number of carbonyl (C=O) groups excluding carboxylic acids is 1. The van der Waals surface area contributed by atoms with Gasteiger partial charge in [-0.05, 0) is 35.4 Å². The van der Waals surface area contributed by atoms with Crippen LogP contribution in [0.5, 0.6) is 0 Å². The molecule has 0 unspecified atom stereocenters. The van der Waals surface area contributed by atoms with Crippen LogP contribution in [-0.4, -0.2) is 15.9 Å². The van der Waals surface area contributed by atoms with E-state index < -0.39 is 11.0 Å². The Morgan fingerprint density at radius 1 is 0.935 bits per heavy atom. The number of nitrogens with zero attached hydrogens (tertiary/aromatic N) is 2. The Bertz CT molecular complexity index is 1300. The van der Waals surface area contributed by atoms with Crippen molar-refractivity contribution >= 4 is 44.5 Å². The summed E-state index contributed by atoms with van der Waals surface area (Å²) in [5, 5.41) is 17.8. The van der Waals surface area contributed by atoms with Crippen molar-refractivity contribution in [3.63, 3.8) is 0 Å². The number of carbonyl (C=O) groups is 1. The van der Waals surface area contributed by atoms with Gasteiger partial charge in [-0.2, -0.15) is 0 Å². The molecule has 152 valence electrons. The fourth-order valence-electron chi connectivity index (χ4n) is 3.65. The summed E-state index contributed by atoms with van der Waals surface area (Å²) >= 11 is 1.54. The SMILES string of the molecule is O=C1NC(c2ccccc2)=C(c2nc3ccccc3s2)[C@H](c2ccc([N+](=O)[O-])cc2)N1. The number of urea groups is 1. The monoisotopic (exact) mass is 428 g/mol. The van der Waals surface area contributed by atoms with Crippen molar-refractivity contribution in [1.82, 2.24) is 15.6 Å². The number of non-ortho nitro benzene ring substituents is 1. The number of fused-ring (bicyclic) bond motifs is 1. The van der Waals surface area contributed by atoms with E-state index in [4.69, 9.17) is 4.98 Å². The molecule has 4 aromatic rings. The smallest absolute Gasteiger partial charge is 0.320 e. The fraction of sp³-hybridized carbons (Fsp3) is 0.0435. The van der Waals surface area contributed by atoms with Gasteiger partial charge in [-0.3, -0.25) is 10.1 Å². The zero-order valence-electron chi connectivity index (χ0n) is 16.1. The molecule has 0 fully saturated rings. The molecule has 1 aromatic heterocycles. The number of para-hydroxylation sites is 1. The van der Waals surface area contributed by atoms with Gasteiger partial charge in [-0.1, -0.05) is 42.5 Å². The molecule has 0 bridgehead atoms. The minimum absolute atomic E-state index is 0.00203. The average Bonchev–Trinajstić information content (AvgIpc) is 3.23. The number of hydrogen-bond donors (Lipinski definition) is 2. The van der Waals surface area contributed by atoms with E-state index in [1.54, 1.807) is 23.5 Å². The summed E-state index contributed by atoms with van der Waals surface area (Å²) in [4.78, 5) is 28.0. The molecule has 5 rings (SSSR count). The lowest BCUT2D eigenvalue weighted by Crippen LogP contribution is -2.42. The first-order valence-electron chi connectivity index (χ1n) is 9.57. The third-order valence-electron chi connectivity index (χ3n) is 5.10. The first kappa shape index (κ1) is 19.0. The van der Waals surface area contributed by atoms with Crippen molar-refractivity contribution in [2.75, 3.05) is 0 Å². The maximum atomic E-state index is 12.6. The van der Waals surface area contributed by atoms with Gasteiger partial charge in [0, 0.05) is 17.7 Å². The van der Waals surface area contributed by atoms with Crippen LogP contribution in [0.3, 0.4) is 0 Å². The molecule has 1 aliphatic rings. The normalized spacial score (nSPS) is 16.1. The molecule has 7 nitrogen and oxygen atoms in total. The molecule has 1 aliphatic heterocycles. The Morgan fingerprint density at radius 3 is 2.35 bits per heavy atom. The third kappa shape index (κ3) is 3.53. The van der Waals surface area contributed by atoms with Crippen molar-refractivity contribution in [3.8, 4) is 0 Å². The van der Waals surface area contributed by atoms with Gasteiger partial charge in [0.2, 0.25) is 0 Å². The molecule has 1 atom stereocenters. The summed E-state index contributed by atoms with van der Waals surface area (Å²) in [6.45, 7) is 0. The topological polar surface area (TPSA) is 97.2 Å². The minimum atomic E-state index is -0.509. The molecule has 0 spiro atoms. The molecular weight excluding hydrogens is 412 g/mol. The second-order valence-electron chi connectivity index (χ2n) is 7.02. The second kappa shape index (κ2) is 7.66. The Kier molecular flexibility index (Phi) is 4.68. The van der Waals surface area contributed by atoms with Crippen LogP contribution in [0.4, 0.5) is 10.5 Å². The summed E-state index contributed by atoms with van der Waals surface area (Å²) in [7, 11) is 0. The number of aromatic nitrogens is 1. The highest BCUT2D eigenvalue weighted by Gasteiger charge is 2.32. The molecule has 8 heteroatoms. The summed E-state index contributed by atoms with van der Waals surface area (Å²) in [6.07, 6.45) is 0. The quantitative estimate of drug-likeness (QED) is 0.348. The van der Waals surface area contributed by atoms with E-state index in [1.807, 2.05) is 54.6 Å². The van der Waals surface area contributed by atoms with Crippen LogP contribution in [0.15, 0.2) is 78.9 Å². The number of thiazole rings is 1. The standard InChI is InChI=1S/C23H16N4O3S/c28-23-25-20(14-6-2-1-3-7-14)19(22-24-17-8-4-5-9-18(17)31-22)21(26-23)15-10-12-16(13-11-15)27(29)30/h1-13,21H,(H2,25,26,28)/t21-/m0/s1. The Balaban J connectivity index is 1.73. The first-order valence-corrected chi connectivity index (χ1v) is 10.4. The van der Waals surface area contributed by atoms with Crippen molar-refractivity contribution in [1.29, 1.82) is 0 Å². The van der Waals surface area contributed by atoms with Gasteiger partial charge in [0.25, 0.3) is 5.69 Å². The van der Waals surface area contributed by atoms with E-state index in [0.717, 1.165) is 31.9 Å². The molecule has 0 aliphatic carbocycles. The fourth-order valence-corrected chi connectivity index (χ4v) is 4.70. The lowest BCUT2D eigenvalue weighted by Gasteiger charge is -2.29. The molecule has 31 heavy (non-hydrogen) atoms. The summed E-state index contributed by atoms with van der Waals surface area (Å²) < 4.78 is 1.04. The zero-order valence-corrected chi connectivity index (χ0v) is 16.9. The number of amides is 2. The predicted octanol–water partition coefficient (Wildman–Crippen LogP) is 5.13. The number of nitrogens with one attached hydrogen (secondary N) is 2. The van der Waals surface area contributed by atoms with E-state index in [9.17, 15) is 14.9 Å². The highest BCUT2D eigenvalue weighted by Crippen LogP contribution is 2.41. The van der Waals surface area contributed by atoms with Crippen molar-refractivity contribution in [2.45, 2.75) is 6.04 Å². The first-order chi connectivity index (χ1) is 15.1. The molecule has 2 amide bonds. The van der Waals surface area contributed by atoms with Gasteiger partial charge in [-0.15, -0.1) is 11.3 Å². The number of nitro groups is 1. The summed E-state index contributed by atoms with van der Waals surface area (Å²) in [6, 6.07) is 22.8. The van der Waals surface area contributed by atoms with Gasteiger partial charge in [-0.25, -0.2) is 9.78 Å². The second-order valence-corrected chi connectivity index (χ2v) is 8.05. The lowest BCUT2D eigenvalue weighted by atomic mass is 9.93. The van der Waals surface area contributed by atoms with E-state index in [1.165, 1.54) is 12.1 Å². The summed E-state index contributed by atoms with van der Waals surface area (Å²) in [5.41, 5.74) is 3.97. The lowest BCUT2D eigenvalue weighted by molar-refractivity contribution is -0.384.